The van der Waals surface area contributed by atoms with Crippen LogP contribution in [0.15, 0.2) is 18.6 Å². The van der Waals surface area contributed by atoms with Gasteiger partial charge < -0.3 is 14.8 Å². The number of fused-ring (bicyclic) bond motifs is 2. The lowest BCUT2D eigenvalue weighted by molar-refractivity contribution is 0.0753. The standard InChI is InChI=1S/C17H22N6/c1-2-15-14-9-22(7-4-12(14)5-8-23(15)10-18)17-13-3-6-19-16(13)20-11-21-17/h3,6,11-12,14-15H,2,4-5,7-9H2,1H3,(H,19,20,21). The van der Waals surface area contributed by atoms with Crippen LogP contribution in [-0.2, 0) is 0 Å². The molecule has 0 spiro atoms. The highest BCUT2D eigenvalue weighted by molar-refractivity contribution is 5.87. The summed E-state index contributed by atoms with van der Waals surface area (Å²) in [6, 6.07) is 2.42. The molecule has 2 aromatic rings. The van der Waals surface area contributed by atoms with Gasteiger partial charge in [-0.1, -0.05) is 6.92 Å². The van der Waals surface area contributed by atoms with Crippen molar-refractivity contribution in [1.29, 1.82) is 5.26 Å². The number of hydrogen-bond acceptors (Lipinski definition) is 5. The van der Waals surface area contributed by atoms with E-state index < -0.39 is 0 Å². The van der Waals surface area contributed by atoms with Crippen molar-refractivity contribution in [3.63, 3.8) is 0 Å². The molecule has 2 aromatic heterocycles. The zero-order valence-electron chi connectivity index (χ0n) is 13.4. The maximum absolute atomic E-state index is 9.42. The van der Waals surface area contributed by atoms with Crippen LogP contribution < -0.4 is 4.90 Å². The number of anilines is 1. The molecule has 1 N–H and O–H groups in total. The van der Waals surface area contributed by atoms with Crippen molar-refractivity contribution in [2.45, 2.75) is 32.2 Å². The fourth-order valence-electron chi connectivity index (χ4n) is 4.48. The number of likely N-dealkylation sites (tertiary alicyclic amines) is 1. The third kappa shape index (κ3) is 2.31. The molecule has 3 unspecified atom stereocenters. The molecule has 4 heterocycles. The van der Waals surface area contributed by atoms with Crippen molar-refractivity contribution in [3.05, 3.63) is 18.6 Å². The van der Waals surface area contributed by atoms with Crippen molar-refractivity contribution in [2.75, 3.05) is 24.5 Å². The molecule has 2 saturated heterocycles. The van der Waals surface area contributed by atoms with E-state index in [1.165, 1.54) is 6.42 Å². The molecule has 6 nitrogen and oxygen atoms in total. The first kappa shape index (κ1) is 14.3. The minimum atomic E-state index is 0.366. The second-order valence-electron chi connectivity index (χ2n) is 6.65. The average Bonchev–Trinajstić information content (AvgIpc) is 3.08. The highest BCUT2D eigenvalue weighted by Crippen LogP contribution is 2.38. The van der Waals surface area contributed by atoms with E-state index in [0.29, 0.717) is 12.0 Å². The predicted octanol–water partition coefficient (Wildman–Crippen LogP) is 2.37. The van der Waals surface area contributed by atoms with E-state index in [1.807, 2.05) is 11.1 Å². The van der Waals surface area contributed by atoms with Gasteiger partial charge in [0.1, 0.15) is 17.8 Å². The Hall–Kier alpha value is -2.29. The fraction of sp³-hybridized carbons (Fsp3) is 0.588. The van der Waals surface area contributed by atoms with Gasteiger partial charge in [-0.2, -0.15) is 5.26 Å². The maximum atomic E-state index is 9.42. The van der Waals surface area contributed by atoms with E-state index in [-0.39, 0.29) is 0 Å². The van der Waals surface area contributed by atoms with Gasteiger partial charge in [0, 0.05) is 37.8 Å². The fourth-order valence-corrected chi connectivity index (χ4v) is 4.48. The summed E-state index contributed by atoms with van der Waals surface area (Å²) in [7, 11) is 0. The third-order valence-corrected chi connectivity index (χ3v) is 5.62. The van der Waals surface area contributed by atoms with Crippen LogP contribution in [0, 0.1) is 23.3 Å². The number of aromatic amines is 1. The number of H-pyrrole nitrogens is 1. The first-order valence-corrected chi connectivity index (χ1v) is 8.51. The van der Waals surface area contributed by atoms with Crippen LogP contribution in [0.5, 0.6) is 0 Å². The lowest BCUT2D eigenvalue weighted by Gasteiger charge is -2.48. The molecule has 2 fully saturated rings. The Morgan fingerprint density at radius 1 is 1.35 bits per heavy atom. The zero-order valence-corrected chi connectivity index (χ0v) is 13.4. The summed E-state index contributed by atoms with van der Waals surface area (Å²) in [6.07, 6.45) is 9.33. The van der Waals surface area contributed by atoms with E-state index >= 15 is 0 Å². The summed E-state index contributed by atoms with van der Waals surface area (Å²) in [5.74, 6) is 2.31. The van der Waals surface area contributed by atoms with Crippen molar-refractivity contribution in [2.24, 2.45) is 11.8 Å². The van der Waals surface area contributed by atoms with E-state index in [1.54, 1.807) is 6.33 Å². The highest BCUT2D eigenvalue weighted by Gasteiger charge is 2.40. The molecule has 120 valence electrons. The molecule has 2 aliphatic heterocycles. The molecule has 0 aliphatic carbocycles. The Balaban J connectivity index is 1.63. The van der Waals surface area contributed by atoms with E-state index in [9.17, 15) is 5.26 Å². The molecule has 4 rings (SSSR count). The van der Waals surface area contributed by atoms with Crippen molar-refractivity contribution in [3.8, 4) is 6.19 Å². The van der Waals surface area contributed by atoms with Gasteiger partial charge in [0.2, 0.25) is 0 Å². The van der Waals surface area contributed by atoms with Gasteiger partial charge in [-0.3, -0.25) is 0 Å². The Bertz CT molecular complexity index is 732. The first-order chi connectivity index (χ1) is 11.3. The Morgan fingerprint density at radius 3 is 3.04 bits per heavy atom. The van der Waals surface area contributed by atoms with Gasteiger partial charge >= 0.3 is 0 Å². The summed E-state index contributed by atoms with van der Waals surface area (Å²) in [5, 5.41) is 10.5. The van der Waals surface area contributed by atoms with Crippen LogP contribution in [0.25, 0.3) is 11.0 Å². The molecule has 0 radical (unpaired) electrons. The van der Waals surface area contributed by atoms with Gasteiger partial charge in [-0.25, -0.2) is 9.97 Å². The summed E-state index contributed by atoms with van der Waals surface area (Å²) in [4.78, 5) is 16.4. The van der Waals surface area contributed by atoms with Gasteiger partial charge in [-0.15, -0.1) is 0 Å². The monoisotopic (exact) mass is 310 g/mol. The molecule has 6 heteroatoms. The largest absolute Gasteiger partial charge is 0.356 e. The summed E-state index contributed by atoms with van der Waals surface area (Å²) in [5.41, 5.74) is 0.895. The van der Waals surface area contributed by atoms with Gasteiger partial charge in [0.25, 0.3) is 0 Å². The third-order valence-electron chi connectivity index (χ3n) is 5.62. The number of piperidine rings is 2. The van der Waals surface area contributed by atoms with Gasteiger partial charge in [0.15, 0.2) is 6.19 Å². The van der Waals surface area contributed by atoms with Crippen LogP contribution in [-0.4, -0.2) is 45.5 Å². The quantitative estimate of drug-likeness (QED) is 0.862. The average molecular weight is 310 g/mol. The summed E-state index contributed by atoms with van der Waals surface area (Å²) in [6.45, 7) is 5.15. The number of nitrogens with zero attached hydrogens (tertiary/aromatic N) is 5. The number of nitrogens with one attached hydrogen (secondary N) is 1. The SMILES string of the molecule is CCC1C2CN(c3ncnc4[nH]ccc34)CCC2CCN1C#N. The summed E-state index contributed by atoms with van der Waals surface area (Å²) < 4.78 is 0. The minimum Gasteiger partial charge on any atom is -0.356 e. The number of rotatable bonds is 2. The van der Waals surface area contributed by atoms with Crippen molar-refractivity contribution in [1.82, 2.24) is 19.9 Å². The predicted molar refractivity (Wildman–Crippen MR) is 88.7 cm³/mol. The molecule has 0 bridgehead atoms. The topological polar surface area (TPSA) is 71.8 Å². The van der Waals surface area contributed by atoms with E-state index in [0.717, 1.165) is 55.2 Å². The lowest BCUT2D eigenvalue weighted by atomic mass is 9.74. The minimum absolute atomic E-state index is 0.366. The van der Waals surface area contributed by atoms with Crippen LogP contribution in [0.1, 0.15) is 26.2 Å². The van der Waals surface area contributed by atoms with Crippen LogP contribution in [0.2, 0.25) is 0 Å². The first-order valence-electron chi connectivity index (χ1n) is 8.51. The van der Waals surface area contributed by atoms with Gasteiger partial charge in [0.05, 0.1) is 5.39 Å². The molecule has 3 atom stereocenters. The smallest absolute Gasteiger partial charge is 0.179 e. The number of nitriles is 1. The number of aromatic nitrogens is 3. The molecule has 0 aromatic carbocycles. The molecular weight excluding hydrogens is 288 g/mol. The molecule has 23 heavy (non-hydrogen) atoms. The van der Waals surface area contributed by atoms with E-state index in [2.05, 4.69) is 39.0 Å². The number of hydrogen-bond donors (Lipinski definition) is 1. The normalized spacial score (nSPS) is 27.7. The van der Waals surface area contributed by atoms with Crippen LogP contribution >= 0.6 is 0 Å². The molecular formula is C17H22N6. The van der Waals surface area contributed by atoms with Crippen LogP contribution in [0.3, 0.4) is 0 Å². The Labute approximate surface area is 136 Å². The molecule has 0 saturated carbocycles. The lowest BCUT2D eigenvalue weighted by Crippen LogP contribution is -2.54. The Kier molecular flexibility index (Phi) is 3.56. The zero-order chi connectivity index (χ0) is 15.8. The summed E-state index contributed by atoms with van der Waals surface area (Å²) >= 11 is 0. The second-order valence-corrected chi connectivity index (χ2v) is 6.65. The maximum Gasteiger partial charge on any atom is 0.179 e. The second kappa shape index (κ2) is 5.73. The van der Waals surface area contributed by atoms with E-state index in [4.69, 9.17) is 0 Å². The van der Waals surface area contributed by atoms with Crippen molar-refractivity contribution >= 4 is 16.9 Å². The van der Waals surface area contributed by atoms with Crippen molar-refractivity contribution < 1.29 is 0 Å². The Morgan fingerprint density at radius 2 is 2.22 bits per heavy atom. The highest BCUT2D eigenvalue weighted by atomic mass is 15.2. The molecule has 0 amide bonds. The van der Waals surface area contributed by atoms with Crippen LogP contribution in [0.4, 0.5) is 5.82 Å². The van der Waals surface area contributed by atoms with Gasteiger partial charge in [-0.05, 0) is 31.2 Å². The molecule has 2 aliphatic rings.